The second-order valence-corrected chi connectivity index (χ2v) is 6.55. The fraction of sp³-hybridized carbons (Fsp3) is 0.438. The van der Waals surface area contributed by atoms with Gasteiger partial charge in [0, 0.05) is 17.1 Å². The van der Waals surface area contributed by atoms with Crippen molar-refractivity contribution in [2.75, 3.05) is 6.54 Å². The van der Waals surface area contributed by atoms with E-state index in [1.807, 2.05) is 29.2 Å². The third-order valence-corrected chi connectivity index (χ3v) is 4.70. The van der Waals surface area contributed by atoms with Crippen LogP contribution < -0.4 is 5.73 Å². The Hall–Kier alpha value is -1.13. The lowest BCUT2D eigenvalue weighted by atomic mass is 10.0. The molecule has 1 aliphatic heterocycles. The number of amides is 1. The van der Waals surface area contributed by atoms with Gasteiger partial charge in [-0.1, -0.05) is 40.2 Å². The van der Waals surface area contributed by atoms with E-state index in [9.17, 15) is 4.79 Å². The van der Waals surface area contributed by atoms with Crippen molar-refractivity contribution >= 4 is 21.8 Å². The zero-order valence-electron chi connectivity index (χ0n) is 11.3. The van der Waals surface area contributed by atoms with E-state index in [0.717, 1.165) is 30.3 Å². The summed E-state index contributed by atoms with van der Waals surface area (Å²) in [5.41, 5.74) is 7.08. The third-order valence-electron chi connectivity index (χ3n) is 4.20. The molecule has 1 aromatic carbocycles. The van der Waals surface area contributed by atoms with Gasteiger partial charge in [0.1, 0.15) is 0 Å². The number of carbonyl (C=O) groups excluding carboxylic acids is 1. The average Bonchev–Trinajstić information content (AvgIpc) is 3.06. The van der Waals surface area contributed by atoms with Crippen LogP contribution in [0.15, 0.2) is 40.9 Å². The number of rotatable bonds is 2. The van der Waals surface area contributed by atoms with Crippen LogP contribution in [0.2, 0.25) is 0 Å². The number of hydrogen-bond acceptors (Lipinski definition) is 2. The van der Waals surface area contributed by atoms with E-state index in [1.165, 1.54) is 5.56 Å². The SMILES string of the molecule is NC1C=CC(C(=O)N2CCCC2c2cccc(Br)c2)C1. The fourth-order valence-electron chi connectivity index (χ4n) is 3.21. The van der Waals surface area contributed by atoms with Gasteiger partial charge in [-0.25, -0.2) is 0 Å². The van der Waals surface area contributed by atoms with Gasteiger partial charge in [-0.2, -0.15) is 0 Å². The highest BCUT2D eigenvalue weighted by Gasteiger charge is 2.34. The van der Waals surface area contributed by atoms with Crippen molar-refractivity contribution in [2.24, 2.45) is 11.7 Å². The van der Waals surface area contributed by atoms with E-state index in [1.54, 1.807) is 0 Å². The first-order chi connectivity index (χ1) is 9.65. The fourth-order valence-corrected chi connectivity index (χ4v) is 3.63. The lowest BCUT2D eigenvalue weighted by Crippen LogP contribution is -2.35. The van der Waals surface area contributed by atoms with Gasteiger partial charge in [0.05, 0.1) is 12.0 Å². The van der Waals surface area contributed by atoms with Crippen LogP contribution in [-0.4, -0.2) is 23.4 Å². The predicted octanol–water partition coefficient (Wildman–Crippen LogP) is 3.02. The number of carbonyl (C=O) groups is 1. The molecule has 0 bridgehead atoms. The van der Waals surface area contributed by atoms with Crippen molar-refractivity contribution in [1.82, 2.24) is 4.90 Å². The Kier molecular flexibility index (Phi) is 3.94. The quantitative estimate of drug-likeness (QED) is 0.845. The molecular weight excluding hydrogens is 316 g/mol. The van der Waals surface area contributed by atoms with Crippen LogP contribution in [0.25, 0.3) is 0 Å². The van der Waals surface area contributed by atoms with Crippen molar-refractivity contribution in [3.8, 4) is 0 Å². The molecule has 1 aliphatic carbocycles. The smallest absolute Gasteiger partial charge is 0.230 e. The first-order valence-corrected chi connectivity index (χ1v) is 7.94. The van der Waals surface area contributed by atoms with E-state index in [0.29, 0.717) is 0 Å². The molecule has 1 fully saturated rings. The highest BCUT2D eigenvalue weighted by molar-refractivity contribution is 9.10. The van der Waals surface area contributed by atoms with Gasteiger partial charge in [-0.05, 0) is 37.0 Å². The van der Waals surface area contributed by atoms with Gasteiger partial charge >= 0.3 is 0 Å². The standard InChI is InChI=1S/C16H19BrN2O/c17-13-4-1-3-11(9-13)15-5-2-8-19(15)16(20)12-6-7-14(18)10-12/h1,3-4,6-7,9,12,14-15H,2,5,8,10,18H2. The third kappa shape index (κ3) is 2.67. The highest BCUT2D eigenvalue weighted by Crippen LogP contribution is 2.35. The molecule has 0 aromatic heterocycles. The van der Waals surface area contributed by atoms with Crippen molar-refractivity contribution in [2.45, 2.75) is 31.3 Å². The first-order valence-electron chi connectivity index (χ1n) is 7.15. The molecule has 0 radical (unpaired) electrons. The van der Waals surface area contributed by atoms with Crippen LogP contribution in [0.3, 0.4) is 0 Å². The van der Waals surface area contributed by atoms with Crippen LogP contribution in [0.1, 0.15) is 30.9 Å². The first kappa shape index (κ1) is 13.8. The Morgan fingerprint density at radius 3 is 2.90 bits per heavy atom. The molecule has 1 saturated heterocycles. The Morgan fingerprint density at radius 2 is 2.20 bits per heavy atom. The summed E-state index contributed by atoms with van der Waals surface area (Å²) >= 11 is 3.51. The molecule has 2 aliphatic rings. The van der Waals surface area contributed by atoms with Crippen LogP contribution in [0.5, 0.6) is 0 Å². The normalized spacial score (nSPS) is 29.1. The minimum Gasteiger partial charge on any atom is -0.335 e. The summed E-state index contributed by atoms with van der Waals surface area (Å²) in [6, 6.07) is 8.53. The molecule has 1 aromatic rings. The molecule has 3 nitrogen and oxygen atoms in total. The van der Waals surface area contributed by atoms with Gasteiger partial charge in [0.2, 0.25) is 5.91 Å². The summed E-state index contributed by atoms with van der Waals surface area (Å²) in [4.78, 5) is 14.7. The van der Waals surface area contributed by atoms with E-state index < -0.39 is 0 Å². The van der Waals surface area contributed by atoms with E-state index >= 15 is 0 Å². The van der Waals surface area contributed by atoms with Crippen LogP contribution >= 0.6 is 15.9 Å². The molecule has 3 rings (SSSR count). The minimum atomic E-state index is -0.0299. The molecule has 2 N–H and O–H groups in total. The monoisotopic (exact) mass is 334 g/mol. The predicted molar refractivity (Wildman–Crippen MR) is 83.1 cm³/mol. The molecule has 3 unspecified atom stereocenters. The van der Waals surface area contributed by atoms with E-state index in [-0.39, 0.29) is 23.9 Å². The molecule has 106 valence electrons. The largest absolute Gasteiger partial charge is 0.335 e. The molecular formula is C16H19BrN2O. The molecule has 4 heteroatoms. The maximum Gasteiger partial charge on any atom is 0.230 e. The molecule has 0 saturated carbocycles. The summed E-state index contributed by atoms with van der Waals surface area (Å²) in [5.74, 6) is 0.203. The van der Waals surface area contributed by atoms with Gasteiger partial charge in [0.15, 0.2) is 0 Å². The molecule has 3 atom stereocenters. The molecule has 0 spiro atoms. The summed E-state index contributed by atoms with van der Waals surface area (Å²) in [6.07, 6.45) is 6.80. The number of nitrogens with two attached hydrogens (primary N) is 1. The molecule has 1 amide bonds. The maximum absolute atomic E-state index is 12.7. The van der Waals surface area contributed by atoms with Gasteiger partial charge in [-0.15, -0.1) is 0 Å². The van der Waals surface area contributed by atoms with Crippen LogP contribution in [0, 0.1) is 5.92 Å². The highest BCUT2D eigenvalue weighted by atomic mass is 79.9. The van der Waals surface area contributed by atoms with Crippen LogP contribution in [0.4, 0.5) is 0 Å². The van der Waals surface area contributed by atoms with Crippen molar-refractivity contribution in [3.63, 3.8) is 0 Å². The Balaban J connectivity index is 1.79. The minimum absolute atomic E-state index is 0.0299. The zero-order valence-corrected chi connectivity index (χ0v) is 12.9. The van der Waals surface area contributed by atoms with Gasteiger partial charge < -0.3 is 10.6 Å². The van der Waals surface area contributed by atoms with Crippen molar-refractivity contribution in [3.05, 3.63) is 46.5 Å². The van der Waals surface area contributed by atoms with Gasteiger partial charge in [0.25, 0.3) is 0 Å². The topological polar surface area (TPSA) is 46.3 Å². The lowest BCUT2D eigenvalue weighted by Gasteiger charge is -2.27. The Labute approximate surface area is 128 Å². The van der Waals surface area contributed by atoms with Crippen LogP contribution in [-0.2, 0) is 4.79 Å². The van der Waals surface area contributed by atoms with E-state index in [2.05, 4.69) is 28.1 Å². The lowest BCUT2D eigenvalue weighted by molar-refractivity contribution is -0.135. The summed E-state index contributed by atoms with van der Waals surface area (Å²) in [6.45, 7) is 0.857. The number of halogens is 1. The Bertz CT molecular complexity index is 543. The number of nitrogens with zero attached hydrogens (tertiary/aromatic N) is 1. The molecule has 20 heavy (non-hydrogen) atoms. The van der Waals surface area contributed by atoms with E-state index in [4.69, 9.17) is 5.73 Å². The zero-order chi connectivity index (χ0) is 14.1. The summed E-state index contributed by atoms with van der Waals surface area (Å²) < 4.78 is 1.07. The van der Waals surface area contributed by atoms with Gasteiger partial charge in [-0.3, -0.25) is 4.79 Å². The Morgan fingerprint density at radius 1 is 1.35 bits per heavy atom. The van der Waals surface area contributed by atoms with Crippen molar-refractivity contribution in [1.29, 1.82) is 0 Å². The number of likely N-dealkylation sites (tertiary alicyclic amines) is 1. The second kappa shape index (κ2) is 5.70. The number of hydrogen-bond donors (Lipinski definition) is 1. The molecule has 1 heterocycles. The maximum atomic E-state index is 12.7. The second-order valence-electron chi connectivity index (χ2n) is 5.64. The summed E-state index contributed by atoms with van der Waals surface area (Å²) in [7, 11) is 0. The average molecular weight is 335 g/mol. The number of benzene rings is 1. The van der Waals surface area contributed by atoms with Crippen molar-refractivity contribution < 1.29 is 4.79 Å². The summed E-state index contributed by atoms with van der Waals surface area (Å²) in [5, 5.41) is 0.